The molecule has 186 valence electrons. The Labute approximate surface area is 200 Å². The van der Waals surface area contributed by atoms with Gasteiger partial charge < -0.3 is 20.1 Å². The largest absolute Gasteiger partial charge is 0.393 e. The van der Waals surface area contributed by atoms with Crippen molar-refractivity contribution in [2.75, 3.05) is 36.5 Å². The van der Waals surface area contributed by atoms with E-state index in [0.717, 1.165) is 29.5 Å². The fourth-order valence-corrected chi connectivity index (χ4v) is 5.61. The van der Waals surface area contributed by atoms with Gasteiger partial charge >= 0.3 is 0 Å². The number of hydrogen-bond donors (Lipinski definition) is 2. The first kappa shape index (κ1) is 22.6. The summed E-state index contributed by atoms with van der Waals surface area (Å²) in [5.41, 5.74) is 1.36. The molecule has 3 aliphatic rings. The summed E-state index contributed by atoms with van der Waals surface area (Å²) < 4.78 is 33.9. The molecule has 0 radical (unpaired) electrons. The molecule has 1 aliphatic heterocycles. The quantitative estimate of drug-likeness (QED) is 0.547. The summed E-state index contributed by atoms with van der Waals surface area (Å²) in [6.45, 7) is 2.85. The molecule has 1 aromatic carbocycles. The Morgan fingerprint density at radius 2 is 1.80 bits per heavy atom. The van der Waals surface area contributed by atoms with Crippen LogP contribution in [-0.2, 0) is 4.74 Å². The molecule has 2 N–H and O–H groups in total. The lowest BCUT2D eigenvalue weighted by Gasteiger charge is -2.35. The molecular weight excluding hydrogens is 456 g/mol. The number of aliphatic hydroxyl groups excluding tert-OH is 1. The van der Waals surface area contributed by atoms with Crippen molar-refractivity contribution in [3.8, 4) is 0 Å². The summed E-state index contributed by atoms with van der Waals surface area (Å²) in [4.78, 5) is 25.2. The van der Waals surface area contributed by atoms with E-state index in [2.05, 4.69) is 20.2 Å². The summed E-state index contributed by atoms with van der Waals surface area (Å²) in [6, 6.07) is 5.42. The highest BCUT2D eigenvalue weighted by Crippen LogP contribution is 2.39. The van der Waals surface area contributed by atoms with Gasteiger partial charge in [0, 0.05) is 55.3 Å². The second kappa shape index (κ2) is 8.67. The molecule has 0 spiro atoms. The number of nitrogens with zero attached hydrogens (tertiary/aromatic N) is 4. The van der Waals surface area contributed by atoms with Gasteiger partial charge in [0.05, 0.1) is 24.7 Å². The summed E-state index contributed by atoms with van der Waals surface area (Å²) in [6.07, 6.45) is 3.43. The van der Waals surface area contributed by atoms with E-state index < -0.39 is 5.92 Å². The number of morpholine rings is 1. The predicted molar refractivity (Wildman–Crippen MR) is 129 cm³/mol. The third-order valence-corrected chi connectivity index (χ3v) is 7.57. The van der Waals surface area contributed by atoms with E-state index in [9.17, 15) is 18.7 Å². The summed E-state index contributed by atoms with van der Waals surface area (Å²) in [5.74, 6) is -2.39. The molecule has 6 rings (SSSR count). The second-order valence-corrected chi connectivity index (χ2v) is 10.0. The topological polar surface area (TPSA) is 92.5 Å². The van der Waals surface area contributed by atoms with Gasteiger partial charge in [-0.1, -0.05) is 6.07 Å². The Bertz CT molecular complexity index is 1310. The molecule has 3 fully saturated rings. The van der Waals surface area contributed by atoms with Gasteiger partial charge in [-0.25, -0.2) is 13.8 Å². The first-order valence-electron chi connectivity index (χ1n) is 12.4. The van der Waals surface area contributed by atoms with Crippen LogP contribution in [0.25, 0.3) is 21.8 Å². The van der Waals surface area contributed by atoms with Crippen molar-refractivity contribution >= 4 is 33.4 Å². The lowest BCUT2D eigenvalue weighted by Crippen LogP contribution is -2.44. The Balaban J connectivity index is 1.47. The third-order valence-electron chi connectivity index (χ3n) is 7.57. The molecule has 2 aromatic heterocycles. The molecule has 3 heterocycles. The lowest BCUT2D eigenvalue weighted by molar-refractivity contribution is -0.0794. The van der Waals surface area contributed by atoms with Crippen molar-refractivity contribution in [2.45, 2.75) is 62.6 Å². The number of aliphatic hydroxyl groups is 1. The zero-order chi connectivity index (χ0) is 24.2. The first-order chi connectivity index (χ1) is 16.9. The number of halogens is 2. The maximum atomic E-state index is 13.9. The van der Waals surface area contributed by atoms with E-state index >= 15 is 0 Å². The van der Waals surface area contributed by atoms with Crippen molar-refractivity contribution in [3.63, 3.8) is 0 Å². The van der Waals surface area contributed by atoms with Crippen LogP contribution in [0.15, 0.2) is 29.2 Å². The van der Waals surface area contributed by atoms with Crippen molar-refractivity contribution in [3.05, 3.63) is 34.7 Å². The highest BCUT2D eigenvalue weighted by atomic mass is 19.3. The van der Waals surface area contributed by atoms with Crippen LogP contribution in [0, 0.1) is 0 Å². The van der Waals surface area contributed by atoms with Crippen molar-refractivity contribution in [1.29, 1.82) is 0 Å². The smallest absolute Gasteiger partial charge is 0.260 e. The Kier molecular flexibility index (Phi) is 5.60. The molecule has 1 saturated heterocycles. The average Bonchev–Trinajstić information content (AvgIpc) is 2.84. The highest BCUT2D eigenvalue weighted by molar-refractivity contribution is 6.05. The number of rotatable bonds is 4. The van der Waals surface area contributed by atoms with Gasteiger partial charge in [-0.3, -0.25) is 9.36 Å². The minimum Gasteiger partial charge on any atom is -0.393 e. The van der Waals surface area contributed by atoms with Crippen LogP contribution < -0.4 is 15.8 Å². The van der Waals surface area contributed by atoms with Crippen LogP contribution >= 0.6 is 0 Å². The average molecular weight is 486 g/mol. The summed E-state index contributed by atoms with van der Waals surface area (Å²) in [5, 5.41) is 15.2. The third kappa shape index (κ3) is 4.23. The SMILES string of the molecule is O=c1c2cc(N3CCOCC3)ccc2c2cnc(NC3CC(F)(F)C3)nc2n1[C@H]1CC[C@H](O)CC1. The van der Waals surface area contributed by atoms with Gasteiger partial charge in [0.2, 0.25) is 5.95 Å². The zero-order valence-electron chi connectivity index (χ0n) is 19.4. The molecule has 0 atom stereocenters. The normalized spacial score (nSPS) is 25.1. The van der Waals surface area contributed by atoms with Gasteiger partial charge in [0.1, 0.15) is 5.65 Å². The van der Waals surface area contributed by atoms with Gasteiger partial charge in [-0.05, 0) is 43.2 Å². The van der Waals surface area contributed by atoms with Crippen molar-refractivity contribution < 1.29 is 18.6 Å². The standard InChI is InChI=1S/C25H29F2N5O3/c26-25(27)12-15(13-25)29-24-28-14-21-19-6-3-17(31-7-9-35-10-8-31)11-20(19)23(34)32(22(21)30-24)16-1-4-18(33)5-2-16/h3,6,11,14-16,18,33H,1-2,4-5,7-10,12-13H2,(H,28,29,30)/t16-,18-. The molecule has 10 heteroatoms. The van der Waals surface area contributed by atoms with Gasteiger partial charge in [-0.2, -0.15) is 4.98 Å². The number of fused-ring (bicyclic) bond motifs is 3. The van der Waals surface area contributed by atoms with E-state index in [1.807, 2.05) is 18.2 Å². The van der Waals surface area contributed by atoms with Crippen LogP contribution in [0.2, 0.25) is 0 Å². The fraction of sp³-hybridized carbons (Fsp3) is 0.560. The number of ether oxygens (including phenoxy) is 1. The second-order valence-electron chi connectivity index (χ2n) is 10.0. The molecule has 2 aliphatic carbocycles. The number of benzene rings is 1. The van der Waals surface area contributed by atoms with Gasteiger partial charge in [0.25, 0.3) is 11.5 Å². The van der Waals surface area contributed by atoms with E-state index in [1.165, 1.54) is 0 Å². The molecule has 8 nitrogen and oxygen atoms in total. The Morgan fingerprint density at radius 1 is 1.06 bits per heavy atom. The van der Waals surface area contributed by atoms with Crippen LogP contribution in [0.1, 0.15) is 44.6 Å². The minimum absolute atomic E-state index is 0.0966. The molecule has 0 bridgehead atoms. The van der Waals surface area contributed by atoms with Crippen molar-refractivity contribution in [2.24, 2.45) is 0 Å². The van der Waals surface area contributed by atoms with E-state index in [1.54, 1.807) is 10.8 Å². The molecule has 3 aromatic rings. The maximum Gasteiger partial charge on any atom is 0.260 e. The maximum absolute atomic E-state index is 13.9. The summed E-state index contributed by atoms with van der Waals surface area (Å²) in [7, 11) is 0. The zero-order valence-corrected chi connectivity index (χ0v) is 19.4. The summed E-state index contributed by atoms with van der Waals surface area (Å²) >= 11 is 0. The highest BCUT2D eigenvalue weighted by Gasteiger charge is 2.45. The molecule has 0 amide bonds. The minimum atomic E-state index is -2.64. The van der Waals surface area contributed by atoms with E-state index in [-0.39, 0.29) is 42.5 Å². The number of alkyl halides is 2. The molecular formula is C25H29F2N5O3. The van der Waals surface area contributed by atoms with Crippen LogP contribution in [0.4, 0.5) is 20.4 Å². The van der Waals surface area contributed by atoms with Crippen LogP contribution in [0.3, 0.4) is 0 Å². The Hall–Kier alpha value is -2.85. The van der Waals surface area contributed by atoms with Crippen LogP contribution in [0.5, 0.6) is 0 Å². The van der Waals surface area contributed by atoms with Gasteiger partial charge in [-0.15, -0.1) is 0 Å². The number of hydrogen-bond acceptors (Lipinski definition) is 7. The number of nitrogens with one attached hydrogen (secondary N) is 1. The molecule has 0 unspecified atom stereocenters. The number of anilines is 2. The van der Waals surface area contributed by atoms with Gasteiger partial charge in [0.15, 0.2) is 0 Å². The Morgan fingerprint density at radius 3 is 2.51 bits per heavy atom. The van der Waals surface area contributed by atoms with Crippen LogP contribution in [-0.4, -0.2) is 64.0 Å². The molecule has 35 heavy (non-hydrogen) atoms. The van der Waals surface area contributed by atoms with E-state index in [0.29, 0.717) is 49.9 Å². The predicted octanol–water partition coefficient (Wildman–Crippen LogP) is 3.47. The number of aromatic nitrogens is 3. The number of pyridine rings is 1. The lowest BCUT2D eigenvalue weighted by atomic mass is 9.88. The monoisotopic (exact) mass is 485 g/mol. The first-order valence-corrected chi connectivity index (χ1v) is 12.4. The molecule has 2 saturated carbocycles. The van der Waals surface area contributed by atoms with Crippen molar-refractivity contribution in [1.82, 2.24) is 14.5 Å². The van der Waals surface area contributed by atoms with E-state index in [4.69, 9.17) is 4.74 Å². The fourth-order valence-electron chi connectivity index (χ4n) is 5.61.